The van der Waals surface area contributed by atoms with Crippen molar-refractivity contribution in [2.75, 3.05) is 0 Å². The molecule has 1 aliphatic carbocycles. The number of hydrogen-bond acceptors (Lipinski definition) is 3. The molecule has 2 unspecified atom stereocenters. The topological polar surface area (TPSA) is 35.5 Å². The van der Waals surface area contributed by atoms with E-state index >= 15 is 0 Å². The van der Waals surface area contributed by atoms with Gasteiger partial charge in [0.2, 0.25) is 0 Å². The highest BCUT2D eigenvalue weighted by atomic mass is 28.4. The lowest BCUT2D eigenvalue weighted by atomic mass is 9.92. The Morgan fingerprint density at radius 1 is 1.03 bits per heavy atom. The molecule has 1 aliphatic heterocycles. The van der Waals surface area contributed by atoms with E-state index < -0.39 is 8.32 Å². The molecule has 1 saturated heterocycles. The first kappa shape index (κ1) is 20.1. The summed E-state index contributed by atoms with van der Waals surface area (Å²) in [6.07, 6.45) is 3.16. The van der Waals surface area contributed by atoms with Gasteiger partial charge >= 0.3 is 5.97 Å². The van der Waals surface area contributed by atoms with Crippen molar-refractivity contribution in [3.63, 3.8) is 0 Å². The van der Waals surface area contributed by atoms with Crippen molar-refractivity contribution < 1.29 is 14.0 Å². The van der Waals surface area contributed by atoms with Gasteiger partial charge in [0, 0.05) is 18.3 Å². The molecule has 4 rings (SSSR count). The number of rotatable bonds is 5. The van der Waals surface area contributed by atoms with Gasteiger partial charge in [-0.25, -0.2) is 0 Å². The molecule has 152 valence electrons. The van der Waals surface area contributed by atoms with Gasteiger partial charge in [0.1, 0.15) is 6.10 Å². The van der Waals surface area contributed by atoms with Crippen LogP contribution >= 0.6 is 0 Å². The van der Waals surface area contributed by atoms with Gasteiger partial charge in [0.15, 0.2) is 0 Å². The van der Waals surface area contributed by atoms with Crippen molar-refractivity contribution >= 4 is 24.7 Å². The quantitative estimate of drug-likeness (QED) is 0.427. The fraction of sp³-hybridized carbons (Fsp3) is 0.400. The Kier molecular flexibility index (Phi) is 5.26. The maximum absolute atomic E-state index is 11.8. The first-order valence-electron chi connectivity index (χ1n) is 10.5. The van der Waals surface area contributed by atoms with Crippen LogP contribution in [0.2, 0.25) is 5.04 Å². The lowest BCUT2D eigenvalue weighted by Crippen LogP contribution is -2.68. The molecule has 2 aliphatic rings. The van der Waals surface area contributed by atoms with Crippen LogP contribution in [0.4, 0.5) is 0 Å². The monoisotopic (exact) mass is 406 g/mol. The molecule has 0 amide bonds. The van der Waals surface area contributed by atoms with Crippen LogP contribution in [-0.4, -0.2) is 26.5 Å². The van der Waals surface area contributed by atoms with Gasteiger partial charge in [-0.15, -0.1) is 6.58 Å². The summed E-state index contributed by atoms with van der Waals surface area (Å²) in [6.45, 7) is 11.0. The van der Waals surface area contributed by atoms with Gasteiger partial charge in [-0.05, 0) is 15.4 Å². The summed E-state index contributed by atoms with van der Waals surface area (Å²) in [6, 6.07) is 21.4. The number of carbonyl (C=O) groups excluding carboxylic acids is 1. The fourth-order valence-corrected chi connectivity index (χ4v) is 9.99. The molecule has 0 N–H and O–H groups in total. The summed E-state index contributed by atoms with van der Waals surface area (Å²) in [5, 5.41) is 2.47. The number of hydrogen-bond donors (Lipinski definition) is 0. The van der Waals surface area contributed by atoms with E-state index in [2.05, 4.69) is 88.0 Å². The smallest absolute Gasteiger partial charge is 0.306 e. The molecule has 2 aromatic carbocycles. The van der Waals surface area contributed by atoms with Crippen LogP contribution in [0.1, 0.15) is 33.6 Å². The van der Waals surface area contributed by atoms with E-state index in [9.17, 15) is 4.79 Å². The zero-order valence-electron chi connectivity index (χ0n) is 17.5. The Hall–Kier alpha value is -2.17. The summed E-state index contributed by atoms with van der Waals surface area (Å²) in [7, 11) is -2.63. The van der Waals surface area contributed by atoms with Gasteiger partial charge in [-0.3, -0.25) is 4.79 Å². The molecule has 29 heavy (non-hydrogen) atoms. The molecule has 0 aromatic heterocycles. The van der Waals surface area contributed by atoms with Gasteiger partial charge < -0.3 is 9.16 Å². The Bertz CT molecular complexity index is 832. The summed E-state index contributed by atoms with van der Waals surface area (Å²) < 4.78 is 12.9. The number of carbonyl (C=O) groups is 1. The van der Waals surface area contributed by atoms with Gasteiger partial charge in [-0.1, -0.05) is 87.5 Å². The third-order valence-corrected chi connectivity index (χ3v) is 11.6. The molecule has 0 spiro atoms. The third-order valence-electron chi connectivity index (χ3n) is 6.57. The Morgan fingerprint density at radius 2 is 1.59 bits per heavy atom. The van der Waals surface area contributed by atoms with Crippen LogP contribution < -0.4 is 10.4 Å². The predicted octanol–water partition coefficient (Wildman–Crippen LogP) is 4.07. The second-order valence-electron chi connectivity index (χ2n) is 9.26. The molecular weight excluding hydrogens is 376 g/mol. The molecule has 2 fully saturated rings. The van der Waals surface area contributed by atoms with Crippen molar-refractivity contribution in [3.8, 4) is 0 Å². The van der Waals surface area contributed by atoms with Crippen LogP contribution in [0, 0.1) is 11.8 Å². The van der Waals surface area contributed by atoms with Crippen LogP contribution in [0.25, 0.3) is 0 Å². The number of ether oxygens (including phenoxy) is 1. The van der Waals surface area contributed by atoms with Crippen LogP contribution in [0.15, 0.2) is 73.3 Å². The number of fused-ring (bicyclic) bond motifs is 1. The zero-order valence-corrected chi connectivity index (χ0v) is 18.5. The standard InChI is InChI=1S/C25H30O3Si/c1-5-20-21-16-24(26)27-22(21)17-23(20)28-29(25(2,3)4,18-12-8-6-9-13-18)19-14-10-7-11-15-19/h5-15,20-23H,1,16-17H2,2-4H3/t20?,21-,22+,23?/m1/s1. The van der Waals surface area contributed by atoms with E-state index in [1.807, 2.05) is 6.08 Å². The van der Waals surface area contributed by atoms with E-state index in [-0.39, 0.29) is 35.1 Å². The highest BCUT2D eigenvalue weighted by Gasteiger charge is 2.56. The van der Waals surface area contributed by atoms with Crippen molar-refractivity contribution in [1.82, 2.24) is 0 Å². The normalized spacial score (nSPS) is 26.8. The Morgan fingerprint density at radius 3 is 2.07 bits per heavy atom. The molecule has 4 heteroatoms. The highest BCUT2D eigenvalue weighted by Crippen LogP contribution is 2.46. The summed E-state index contributed by atoms with van der Waals surface area (Å²) in [5.74, 6) is 0.229. The molecule has 4 atom stereocenters. The second-order valence-corrected chi connectivity index (χ2v) is 13.5. The van der Waals surface area contributed by atoms with Gasteiger partial charge in [0.05, 0.1) is 12.5 Å². The summed E-state index contributed by atoms with van der Waals surface area (Å²) >= 11 is 0. The lowest BCUT2D eigenvalue weighted by molar-refractivity contribution is -0.141. The minimum atomic E-state index is -2.63. The minimum Gasteiger partial charge on any atom is -0.462 e. The SMILES string of the molecule is C=CC1C(O[Si](c2ccccc2)(c2ccccc2)C(C)(C)C)C[C@@H]2OC(=O)C[C@H]12. The lowest BCUT2D eigenvalue weighted by Gasteiger charge is -2.45. The molecule has 2 aromatic rings. The van der Waals surface area contributed by atoms with Crippen LogP contribution in [0.3, 0.4) is 0 Å². The van der Waals surface area contributed by atoms with Crippen molar-refractivity contribution in [3.05, 3.63) is 73.3 Å². The largest absolute Gasteiger partial charge is 0.462 e. The molecular formula is C25H30O3Si. The molecule has 3 nitrogen and oxygen atoms in total. The molecule has 0 radical (unpaired) electrons. The predicted molar refractivity (Wildman–Crippen MR) is 119 cm³/mol. The van der Waals surface area contributed by atoms with E-state index in [1.165, 1.54) is 10.4 Å². The first-order chi connectivity index (χ1) is 13.9. The van der Waals surface area contributed by atoms with Gasteiger partial charge in [-0.2, -0.15) is 0 Å². The highest BCUT2D eigenvalue weighted by molar-refractivity contribution is 6.99. The average molecular weight is 407 g/mol. The van der Waals surface area contributed by atoms with Gasteiger partial charge in [0.25, 0.3) is 8.32 Å². The van der Waals surface area contributed by atoms with E-state index in [0.717, 1.165) is 6.42 Å². The molecule has 1 heterocycles. The first-order valence-corrected chi connectivity index (χ1v) is 12.4. The van der Waals surface area contributed by atoms with E-state index in [1.54, 1.807) is 0 Å². The van der Waals surface area contributed by atoms with Crippen LogP contribution in [0.5, 0.6) is 0 Å². The third kappa shape index (κ3) is 3.38. The Labute approximate surface area is 174 Å². The van der Waals surface area contributed by atoms with E-state index in [0.29, 0.717) is 6.42 Å². The Balaban J connectivity index is 1.81. The maximum Gasteiger partial charge on any atom is 0.306 e. The summed E-state index contributed by atoms with van der Waals surface area (Å²) in [5.41, 5.74) is 0. The van der Waals surface area contributed by atoms with Crippen molar-refractivity contribution in [2.45, 2.75) is 50.9 Å². The minimum absolute atomic E-state index is 0.00176. The molecule has 1 saturated carbocycles. The van der Waals surface area contributed by atoms with Crippen molar-refractivity contribution in [2.24, 2.45) is 11.8 Å². The maximum atomic E-state index is 11.8. The van der Waals surface area contributed by atoms with Crippen LogP contribution in [-0.2, 0) is 14.0 Å². The molecule has 0 bridgehead atoms. The number of esters is 1. The number of benzene rings is 2. The average Bonchev–Trinajstić information content (AvgIpc) is 3.21. The second kappa shape index (κ2) is 7.58. The fourth-order valence-electron chi connectivity index (χ4n) is 5.27. The van der Waals surface area contributed by atoms with E-state index in [4.69, 9.17) is 9.16 Å². The summed E-state index contributed by atoms with van der Waals surface area (Å²) in [4.78, 5) is 11.8. The zero-order chi connectivity index (χ0) is 20.6. The van der Waals surface area contributed by atoms with Crippen molar-refractivity contribution in [1.29, 1.82) is 0 Å².